The van der Waals surface area contributed by atoms with Crippen LogP contribution in [0.2, 0.25) is 0 Å². The van der Waals surface area contributed by atoms with E-state index in [0.29, 0.717) is 11.3 Å². The summed E-state index contributed by atoms with van der Waals surface area (Å²) in [5.74, 6) is -0.385. The van der Waals surface area contributed by atoms with Gasteiger partial charge in [0.25, 0.3) is 0 Å². The van der Waals surface area contributed by atoms with Crippen molar-refractivity contribution in [2.45, 2.75) is 6.92 Å². The third kappa shape index (κ3) is 1.83. The van der Waals surface area contributed by atoms with Crippen molar-refractivity contribution in [1.29, 1.82) is 0 Å². The summed E-state index contributed by atoms with van der Waals surface area (Å²) in [6, 6.07) is 3.66. The summed E-state index contributed by atoms with van der Waals surface area (Å²) in [5.41, 5.74) is 8.58. The zero-order chi connectivity index (χ0) is 10.0. The first-order valence-corrected chi connectivity index (χ1v) is 4.01. The number of ether oxygens (including phenoxy) is 1. The van der Waals surface area contributed by atoms with Crippen LogP contribution in [-0.2, 0) is 4.74 Å². The lowest BCUT2D eigenvalue weighted by molar-refractivity contribution is 0.0602. The molecule has 0 spiro atoms. The van der Waals surface area contributed by atoms with Crippen LogP contribution in [0.1, 0.15) is 15.9 Å². The summed E-state index contributed by atoms with van der Waals surface area (Å²) in [4.78, 5) is 11.2. The highest BCUT2D eigenvalue weighted by Gasteiger charge is 2.11. The largest absolute Gasteiger partial charge is 0.465 e. The van der Waals surface area contributed by atoms with Gasteiger partial charge in [0.1, 0.15) is 7.85 Å². The normalized spacial score (nSPS) is 9.69. The van der Waals surface area contributed by atoms with Gasteiger partial charge in [0, 0.05) is 5.69 Å². The van der Waals surface area contributed by atoms with Gasteiger partial charge in [-0.2, -0.15) is 0 Å². The van der Waals surface area contributed by atoms with Gasteiger partial charge in [-0.1, -0.05) is 17.6 Å². The second-order valence-corrected chi connectivity index (χ2v) is 3.03. The number of rotatable bonds is 1. The van der Waals surface area contributed by atoms with Gasteiger partial charge in [0.2, 0.25) is 0 Å². The molecule has 0 aliphatic carbocycles. The van der Waals surface area contributed by atoms with Crippen molar-refractivity contribution < 1.29 is 9.53 Å². The lowest BCUT2D eigenvalue weighted by Crippen LogP contribution is -2.13. The standard InChI is InChI=1S/C9H12BNO2/c1-5-3-6(10)4-7(8(5)11)9(12)13-2/h3-4H,10-11H2,1-2H3. The molecule has 13 heavy (non-hydrogen) atoms. The van der Waals surface area contributed by atoms with E-state index in [0.717, 1.165) is 11.0 Å². The molecule has 0 heterocycles. The minimum Gasteiger partial charge on any atom is -0.465 e. The second-order valence-electron chi connectivity index (χ2n) is 3.03. The number of hydrogen-bond donors (Lipinski definition) is 1. The van der Waals surface area contributed by atoms with Crippen LogP contribution in [0, 0.1) is 6.92 Å². The number of hydrogen-bond acceptors (Lipinski definition) is 3. The molecule has 0 unspecified atom stereocenters. The lowest BCUT2D eigenvalue weighted by atomic mass is 9.91. The Bertz CT molecular complexity index is 350. The van der Waals surface area contributed by atoms with Crippen molar-refractivity contribution in [3.63, 3.8) is 0 Å². The van der Waals surface area contributed by atoms with E-state index < -0.39 is 0 Å². The molecular formula is C9H12BNO2. The van der Waals surface area contributed by atoms with Gasteiger partial charge < -0.3 is 10.5 Å². The van der Waals surface area contributed by atoms with Crippen LogP contribution in [0.4, 0.5) is 5.69 Å². The molecular weight excluding hydrogens is 165 g/mol. The molecule has 3 nitrogen and oxygen atoms in total. The van der Waals surface area contributed by atoms with Crippen LogP contribution in [0.3, 0.4) is 0 Å². The monoisotopic (exact) mass is 177 g/mol. The molecule has 0 saturated heterocycles. The van der Waals surface area contributed by atoms with Gasteiger partial charge in [-0.15, -0.1) is 0 Å². The van der Waals surface area contributed by atoms with Crippen molar-refractivity contribution in [1.82, 2.24) is 0 Å². The van der Waals surface area contributed by atoms with Crippen molar-refractivity contribution in [2.24, 2.45) is 0 Å². The number of benzene rings is 1. The van der Waals surface area contributed by atoms with E-state index in [1.807, 2.05) is 20.8 Å². The van der Waals surface area contributed by atoms with Crippen LogP contribution >= 0.6 is 0 Å². The van der Waals surface area contributed by atoms with E-state index in [-0.39, 0.29) is 5.97 Å². The fraction of sp³-hybridized carbons (Fsp3) is 0.222. The van der Waals surface area contributed by atoms with E-state index in [9.17, 15) is 4.79 Å². The Morgan fingerprint density at radius 2 is 2.15 bits per heavy atom. The van der Waals surface area contributed by atoms with Crippen LogP contribution in [0.15, 0.2) is 12.1 Å². The second kappa shape index (κ2) is 3.52. The molecule has 0 bridgehead atoms. The molecule has 0 aromatic heterocycles. The van der Waals surface area contributed by atoms with Gasteiger partial charge in [-0.05, 0) is 12.5 Å². The number of nitrogen functional groups attached to an aromatic ring is 1. The minimum atomic E-state index is -0.385. The Balaban J connectivity index is 3.28. The first kappa shape index (κ1) is 9.64. The molecule has 1 aromatic carbocycles. The Morgan fingerprint density at radius 1 is 1.54 bits per heavy atom. The van der Waals surface area contributed by atoms with Gasteiger partial charge in [0.05, 0.1) is 12.7 Å². The molecule has 1 aromatic rings. The third-order valence-electron chi connectivity index (χ3n) is 1.94. The maximum Gasteiger partial charge on any atom is 0.339 e. The predicted molar refractivity (Wildman–Crippen MR) is 55.1 cm³/mol. The topological polar surface area (TPSA) is 52.3 Å². The first-order valence-electron chi connectivity index (χ1n) is 4.01. The Kier molecular flexibility index (Phi) is 2.61. The molecule has 1 rings (SSSR count). The van der Waals surface area contributed by atoms with Crippen LogP contribution in [-0.4, -0.2) is 20.9 Å². The number of carbonyl (C=O) groups is 1. The smallest absolute Gasteiger partial charge is 0.339 e. The van der Waals surface area contributed by atoms with E-state index in [2.05, 4.69) is 4.74 Å². The molecule has 4 heteroatoms. The van der Waals surface area contributed by atoms with Crippen LogP contribution in [0.5, 0.6) is 0 Å². The highest BCUT2D eigenvalue weighted by atomic mass is 16.5. The average Bonchev–Trinajstić information content (AvgIpc) is 2.10. The molecule has 0 aliphatic rings. The van der Waals surface area contributed by atoms with Gasteiger partial charge in [-0.25, -0.2) is 4.79 Å². The van der Waals surface area contributed by atoms with Gasteiger partial charge in [0.15, 0.2) is 0 Å². The third-order valence-corrected chi connectivity index (χ3v) is 1.94. The molecule has 0 amide bonds. The van der Waals surface area contributed by atoms with Crippen LogP contribution < -0.4 is 11.2 Å². The Hall–Kier alpha value is -1.45. The number of aryl methyl sites for hydroxylation is 1. The predicted octanol–water partition coefficient (Wildman–Crippen LogP) is -0.378. The molecule has 68 valence electrons. The SMILES string of the molecule is Bc1cc(C)c(N)c(C(=O)OC)c1. The van der Waals surface area contributed by atoms with E-state index in [4.69, 9.17) is 5.73 Å². The average molecular weight is 177 g/mol. The number of anilines is 1. The molecule has 2 N–H and O–H groups in total. The van der Waals surface area contributed by atoms with E-state index in [1.165, 1.54) is 7.11 Å². The Labute approximate surface area is 78.3 Å². The number of nitrogens with two attached hydrogens (primary N) is 1. The highest BCUT2D eigenvalue weighted by Crippen LogP contribution is 2.15. The molecule has 0 fully saturated rings. The lowest BCUT2D eigenvalue weighted by Gasteiger charge is -2.07. The number of esters is 1. The first-order chi connectivity index (χ1) is 6.06. The van der Waals surface area contributed by atoms with Crippen molar-refractivity contribution in [2.75, 3.05) is 12.8 Å². The Morgan fingerprint density at radius 3 is 2.69 bits per heavy atom. The van der Waals surface area contributed by atoms with Gasteiger partial charge >= 0.3 is 5.97 Å². The maximum atomic E-state index is 11.2. The number of carbonyl (C=O) groups excluding carboxylic acids is 1. The minimum absolute atomic E-state index is 0.385. The number of methoxy groups -OCH3 is 1. The summed E-state index contributed by atoms with van der Waals surface area (Å²) in [6.07, 6.45) is 0. The summed E-state index contributed by atoms with van der Waals surface area (Å²) in [7, 11) is 3.26. The maximum absolute atomic E-state index is 11.2. The van der Waals surface area contributed by atoms with Crippen molar-refractivity contribution in [3.05, 3.63) is 23.3 Å². The summed E-state index contributed by atoms with van der Waals surface area (Å²) in [5, 5.41) is 0. The molecule has 0 saturated carbocycles. The van der Waals surface area contributed by atoms with Crippen LogP contribution in [0.25, 0.3) is 0 Å². The quantitative estimate of drug-likeness (QED) is 0.361. The summed E-state index contributed by atoms with van der Waals surface area (Å²) >= 11 is 0. The van der Waals surface area contributed by atoms with E-state index >= 15 is 0 Å². The zero-order valence-corrected chi connectivity index (χ0v) is 8.05. The van der Waals surface area contributed by atoms with E-state index in [1.54, 1.807) is 6.07 Å². The molecule has 0 radical (unpaired) electrons. The summed E-state index contributed by atoms with van der Waals surface area (Å²) in [6.45, 7) is 1.87. The molecule has 0 aliphatic heterocycles. The highest BCUT2D eigenvalue weighted by molar-refractivity contribution is 6.33. The fourth-order valence-electron chi connectivity index (χ4n) is 1.26. The fourth-order valence-corrected chi connectivity index (χ4v) is 1.26. The van der Waals surface area contributed by atoms with Crippen molar-refractivity contribution >= 4 is 25.0 Å². The van der Waals surface area contributed by atoms with Crippen molar-refractivity contribution in [3.8, 4) is 0 Å². The van der Waals surface area contributed by atoms with Gasteiger partial charge in [-0.3, -0.25) is 0 Å². The molecule has 0 atom stereocenters. The summed E-state index contributed by atoms with van der Waals surface area (Å²) < 4.78 is 4.61. The zero-order valence-electron chi connectivity index (χ0n) is 8.05.